The van der Waals surface area contributed by atoms with E-state index in [0.29, 0.717) is 5.56 Å². The van der Waals surface area contributed by atoms with E-state index in [9.17, 15) is 9.59 Å². The van der Waals surface area contributed by atoms with Crippen molar-refractivity contribution in [3.05, 3.63) is 30.1 Å². The molecule has 17 heavy (non-hydrogen) atoms. The molecule has 1 aliphatic carbocycles. The van der Waals surface area contributed by atoms with Crippen molar-refractivity contribution in [2.24, 2.45) is 0 Å². The van der Waals surface area contributed by atoms with Crippen molar-refractivity contribution < 1.29 is 14.7 Å². The second-order valence-electron chi connectivity index (χ2n) is 4.20. The van der Waals surface area contributed by atoms with Crippen molar-refractivity contribution in [3.63, 3.8) is 0 Å². The number of amides is 1. The Hall–Kier alpha value is -1.91. The second kappa shape index (κ2) is 4.53. The van der Waals surface area contributed by atoms with E-state index in [1.165, 1.54) is 18.0 Å². The van der Waals surface area contributed by atoms with E-state index in [4.69, 9.17) is 5.11 Å². The Balaban J connectivity index is 2.22. The molecule has 0 aromatic carbocycles. The van der Waals surface area contributed by atoms with Gasteiger partial charge in [-0.3, -0.25) is 9.78 Å². The molecule has 1 aliphatic rings. The Morgan fingerprint density at radius 2 is 2.24 bits per heavy atom. The summed E-state index contributed by atoms with van der Waals surface area (Å²) in [5.41, 5.74) is 0.438. The van der Waals surface area contributed by atoms with E-state index in [2.05, 4.69) is 4.98 Å². The lowest BCUT2D eigenvalue weighted by molar-refractivity contribution is -0.141. The summed E-state index contributed by atoms with van der Waals surface area (Å²) in [5, 5.41) is 9.02. The molecule has 0 spiro atoms. The van der Waals surface area contributed by atoms with Gasteiger partial charge in [0.15, 0.2) is 0 Å². The number of aromatic nitrogens is 1. The van der Waals surface area contributed by atoms with Crippen LogP contribution in [-0.2, 0) is 4.79 Å². The van der Waals surface area contributed by atoms with Crippen LogP contribution < -0.4 is 0 Å². The van der Waals surface area contributed by atoms with E-state index in [0.717, 1.165) is 12.8 Å². The zero-order valence-corrected chi connectivity index (χ0v) is 9.54. The number of carbonyl (C=O) groups excluding carboxylic acids is 1. The van der Waals surface area contributed by atoms with Gasteiger partial charge in [0.1, 0.15) is 6.04 Å². The summed E-state index contributed by atoms with van der Waals surface area (Å²) in [5.74, 6) is -1.23. The van der Waals surface area contributed by atoms with Crippen LogP contribution >= 0.6 is 0 Å². The highest BCUT2D eigenvalue weighted by atomic mass is 16.4. The highest BCUT2D eigenvalue weighted by Crippen LogP contribution is 2.30. The van der Waals surface area contributed by atoms with Gasteiger partial charge in [-0.05, 0) is 31.9 Å². The molecule has 0 aliphatic heterocycles. The summed E-state index contributed by atoms with van der Waals surface area (Å²) in [7, 11) is 0. The summed E-state index contributed by atoms with van der Waals surface area (Å²) in [6.45, 7) is 1.54. The average Bonchev–Trinajstić information content (AvgIpc) is 3.14. The van der Waals surface area contributed by atoms with E-state index >= 15 is 0 Å². The standard InChI is InChI=1S/C12H14N2O3/c1-8(12(16)17)14(10-4-5-10)11(15)9-3-2-6-13-7-9/h2-3,6-8,10H,4-5H2,1H3,(H,16,17). The predicted octanol–water partition coefficient (Wildman–Crippen LogP) is 1.16. The average molecular weight is 234 g/mol. The topological polar surface area (TPSA) is 70.5 Å². The van der Waals surface area contributed by atoms with Crippen LogP contribution in [0.1, 0.15) is 30.1 Å². The molecule has 1 amide bonds. The summed E-state index contributed by atoms with van der Waals surface area (Å²) >= 11 is 0. The van der Waals surface area contributed by atoms with Gasteiger partial charge in [-0.25, -0.2) is 4.79 Å². The number of aliphatic carboxylic acids is 1. The van der Waals surface area contributed by atoms with Gasteiger partial charge in [-0.2, -0.15) is 0 Å². The van der Waals surface area contributed by atoms with Gasteiger partial charge in [0.2, 0.25) is 0 Å². The van der Waals surface area contributed by atoms with E-state index < -0.39 is 12.0 Å². The first-order valence-electron chi connectivity index (χ1n) is 5.56. The van der Waals surface area contributed by atoms with E-state index in [1.54, 1.807) is 18.3 Å². The number of nitrogens with zero attached hydrogens (tertiary/aromatic N) is 2. The van der Waals surface area contributed by atoms with Gasteiger partial charge in [0.05, 0.1) is 5.56 Å². The summed E-state index contributed by atoms with van der Waals surface area (Å²) in [6.07, 6.45) is 4.80. The molecule has 1 unspecified atom stereocenters. The Morgan fingerprint density at radius 3 is 2.71 bits per heavy atom. The van der Waals surface area contributed by atoms with Crippen LogP contribution in [0, 0.1) is 0 Å². The molecule has 90 valence electrons. The number of hydrogen-bond donors (Lipinski definition) is 1. The van der Waals surface area contributed by atoms with Crippen LogP contribution in [-0.4, -0.2) is 39.0 Å². The van der Waals surface area contributed by atoms with Crippen LogP contribution in [0.15, 0.2) is 24.5 Å². The molecule has 1 atom stereocenters. The lowest BCUT2D eigenvalue weighted by Gasteiger charge is -2.26. The lowest BCUT2D eigenvalue weighted by atomic mass is 10.2. The fraction of sp³-hybridized carbons (Fsp3) is 0.417. The van der Waals surface area contributed by atoms with Gasteiger partial charge in [0, 0.05) is 18.4 Å². The second-order valence-corrected chi connectivity index (χ2v) is 4.20. The molecule has 1 N–H and O–H groups in total. The van der Waals surface area contributed by atoms with Crippen LogP contribution in [0.2, 0.25) is 0 Å². The quantitative estimate of drug-likeness (QED) is 0.848. The van der Waals surface area contributed by atoms with Gasteiger partial charge in [0.25, 0.3) is 5.91 Å². The molecule has 1 aromatic rings. The number of hydrogen-bond acceptors (Lipinski definition) is 3. The van der Waals surface area contributed by atoms with Crippen molar-refractivity contribution in [2.75, 3.05) is 0 Å². The van der Waals surface area contributed by atoms with Crippen molar-refractivity contribution >= 4 is 11.9 Å². The van der Waals surface area contributed by atoms with Gasteiger partial charge in [-0.15, -0.1) is 0 Å². The number of carboxylic acids is 1. The fourth-order valence-electron chi connectivity index (χ4n) is 1.77. The Bertz CT molecular complexity index is 429. The third-order valence-corrected chi connectivity index (χ3v) is 2.86. The summed E-state index contributed by atoms with van der Waals surface area (Å²) in [4.78, 5) is 28.5. The SMILES string of the molecule is CC(C(=O)O)N(C(=O)c1cccnc1)C1CC1. The van der Waals surface area contributed by atoms with Crippen molar-refractivity contribution in [1.82, 2.24) is 9.88 Å². The summed E-state index contributed by atoms with van der Waals surface area (Å²) < 4.78 is 0. The minimum absolute atomic E-state index is 0.0637. The minimum atomic E-state index is -0.978. The number of carboxylic acid groups (broad SMARTS) is 1. The summed E-state index contributed by atoms with van der Waals surface area (Å²) in [6, 6.07) is 2.59. The molecule has 1 saturated carbocycles. The van der Waals surface area contributed by atoms with Gasteiger partial charge >= 0.3 is 5.97 Å². The Morgan fingerprint density at radius 1 is 1.53 bits per heavy atom. The van der Waals surface area contributed by atoms with Crippen molar-refractivity contribution in [2.45, 2.75) is 31.8 Å². The molecule has 1 fully saturated rings. The van der Waals surface area contributed by atoms with Crippen LogP contribution in [0.5, 0.6) is 0 Å². The highest BCUT2D eigenvalue weighted by molar-refractivity contribution is 5.96. The Labute approximate surface area is 99.1 Å². The lowest BCUT2D eigenvalue weighted by Crippen LogP contribution is -2.44. The number of rotatable bonds is 4. The molecule has 2 rings (SSSR count). The zero-order chi connectivity index (χ0) is 12.4. The minimum Gasteiger partial charge on any atom is -0.480 e. The molecule has 0 saturated heterocycles. The largest absolute Gasteiger partial charge is 0.480 e. The number of carbonyl (C=O) groups is 2. The molecule has 5 nitrogen and oxygen atoms in total. The molecule has 5 heteroatoms. The normalized spacial score (nSPS) is 16.3. The van der Waals surface area contributed by atoms with Gasteiger partial charge in [-0.1, -0.05) is 0 Å². The highest BCUT2D eigenvalue weighted by Gasteiger charge is 2.38. The molecule has 1 aromatic heterocycles. The first-order valence-corrected chi connectivity index (χ1v) is 5.56. The van der Waals surface area contributed by atoms with Crippen LogP contribution in [0.3, 0.4) is 0 Å². The maximum absolute atomic E-state index is 12.2. The smallest absolute Gasteiger partial charge is 0.326 e. The first-order chi connectivity index (χ1) is 8.11. The molecular formula is C12H14N2O3. The van der Waals surface area contributed by atoms with Crippen LogP contribution in [0.4, 0.5) is 0 Å². The third-order valence-electron chi connectivity index (χ3n) is 2.86. The van der Waals surface area contributed by atoms with Gasteiger partial charge < -0.3 is 10.0 Å². The van der Waals surface area contributed by atoms with Crippen LogP contribution in [0.25, 0.3) is 0 Å². The Kier molecular flexibility index (Phi) is 3.08. The molecule has 0 radical (unpaired) electrons. The monoisotopic (exact) mass is 234 g/mol. The maximum Gasteiger partial charge on any atom is 0.326 e. The first kappa shape index (κ1) is 11.6. The van der Waals surface area contributed by atoms with E-state index in [-0.39, 0.29) is 11.9 Å². The zero-order valence-electron chi connectivity index (χ0n) is 9.54. The van der Waals surface area contributed by atoms with Crippen molar-refractivity contribution in [3.8, 4) is 0 Å². The molecular weight excluding hydrogens is 220 g/mol. The van der Waals surface area contributed by atoms with Crippen molar-refractivity contribution in [1.29, 1.82) is 0 Å². The maximum atomic E-state index is 12.2. The predicted molar refractivity (Wildman–Crippen MR) is 60.5 cm³/mol. The third kappa shape index (κ3) is 2.43. The molecule has 0 bridgehead atoms. The number of pyridine rings is 1. The molecule has 1 heterocycles. The van der Waals surface area contributed by atoms with E-state index in [1.807, 2.05) is 0 Å². The fourth-order valence-corrected chi connectivity index (χ4v) is 1.77.